The first-order chi connectivity index (χ1) is 15.3. The van der Waals surface area contributed by atoms with Crippen LogP contribution in [0.4, 0.5) is 0 Å². The zero-order valence-electron chi connectivity index (χ0n) is 20.2. The second-order valence-electron chi connectivity index (χ2n) is 6.38. The molecule has 0 heterocycles. The summed E-state index contributed by atoms with van der Waals surface area (Å²) in [6.07, 6.45) is 0. The van der Waals surface area contributed by atoms with E-state index in [1.54, 1.807) is 34.8 Å². The second-order valence-corrected chi connectivity index (χ2v) is 6.38. The van der Waals surface area contributed by atoms with E-state index in [1.807, 2.05) is 0 Å². The molecule has 0 saturated carbocycles. The smallest absolute Gasteiger partial charge is 0.333 e. The number of aliphatic hydroxyl groups excluding tert-OH is 1. The predicted molar refractivity (Wildman–Crippen MR) is 122 cm³/mol. The van der Waals surface area contributed by atoms with Crippen molar-refractivity contribution in [2.75, 3.05) is 46.8 Å². The third kappa shape index (κ3) is 24.9. The minimum atomic E-state index is -0.489. The summed E-state index contributed by atoms with van der Waals surface area (Å²) in [4.78, 5) is 42.8. The highest BCUT2D eigenvalue weighted by Crippen LogP contribution is 1.94. The Kier molecular flexibility index (Phi) is 22.9. The molecular weight excluding hydrogens is 436 g/mol. The van der Waals surface area contributed by atoms with E-state index in [0.29, 0.717) is 35.5 Å². The minimum absolute atomic E-state index is 0.0325. The Hall–Kier alpha value is -3.24. The first-order valence-corrected chi connectivity index (χ1v) is 9.72. The molecule has 0 radical (unpaired) electrons. The SMILES string of the molecule is C=C(C)C(=O)OCCO.C=C(C)C(=O)OCCOC.C=C(C)C(=O)OCCOC(=O)C(=C)C. The fourth-order valence-electron chi connectivity index (χ4n) is 1.12. The Labute approximate surface area is 195 Å². The van der Waals surface area contributed by atoms with Crippen LogP contribution in [0.3, 0.4) is 0 Å². The molecule has 188 valence electrons. The van der Waals surface area contributed by atoms with Crippen molar-refractivity contribution in [3.8, 4) is 0 Å². The maximum atomic E-state index is 10.8. The Bertz CT molecular complexity index is 663. The number of methoxy groups -OCH3 is 1. The lowest BCUT2D eigenvalue weighted by atomic mass is 10.4. The molecule has 0 aliphatic rings. The first kappa shape index (κ1) is 34.4. The summed E-state index contributed by atoms with van der Waals surface area (Å²) in [5, 5.41) is 8.19. The van der Waals surface area contributed by atoms with Crippen LogP contribution in [-0.2, 0) is 42.9 Å². The van der Waals surface area contributed by atoms with E-state index in [-0.39, 0.29) is 32.4 Å². The average Bonchev–Trinajstić information content (AvgIpc) is 2.75. The lowest BCUT2D eigenvalue weighted by Crippen LogP contribution is -2.14. The zero-order valence-corrected chi connectivity index (χ0v) is 20.2. The van der Waals surface area contributed by atoms with E-state index in [2.05, 4.69) is 50.0 Å². The molecule has 0 aliphatic carbocycles. The van der Waals surface area contributed by atoms with Gasteiger partial charge in [0.25, 0.3) is 0 Å². The number of hydrogen-bond acceptors (Lipinski definition) is 10. The van der Waals surface area contributed by atoms with Gasteiger partial charge in [-0.05, 0) is 27.7 Å². The van der Waals surface area contributed by atoms with E-state index in [4.69, 9.17) is 5.11 Å². The van der Waals surface area contributed by atoms with Crippen LogP contribution in [0.25, 0.3) is 0 Å². The molecule has 0 aromatic rings. The van der Waals surface area contributed by atoms with Gasteiger partial charge in [0.2, 0.25) is 0 Å². The van der Waals surface area contributed by atoms with Crippen LogP contribution in [0, 0.1) is 0 Å². The highest BCUT2D eigenvalue weighted by atomic mass is 16.6. The van der Waals surface area contributed by atoms with Crippen LogP contribution < -0.4 is 0 Å². The summed E-state index contributed by atoms with van der Waals surface area (Å²) in [7, 11) is 1.55. The minimum Gasteiger partial charge on any atom is -0.460 e. The Morgan fingerprint density at radius 3 is 1.00 bits per heavy atom. The summed E-state index contributed by atoms with van der Waals surface area (Å²) >= 11 is 0. The molecule has 0 spiro atoms. The summed E-state index contributed by atoms with van der Waals surface area (Å²) in [6.45, 7) is 20.5. The van der Waals surface area contributed by atoms with Gasteiger partial charge in [0.05, 0.1) is 13.2 Å². The summed E-state index contributed by atoms with van der Waals surface area (Å²) in [5.41, 5.74) is 1.40. The summed E-state index contributed by atoms with van der Waals surface area (Å²) in [5.74, 6) is -1.80. The van der Waals surface area contributed by atoms with Crippen LogP contribution in [0.1, 0.15) is 27.7 Å². The maximum absolute atomic E-state index is 10.8. The van der Waals surface area contributed by atoms with Gasteiger partial charge in [0.1, 0.15) is 26.4 Å². The van der Waals surface area contributed by atoms with Gasteiger partial charge >= 0.3 is 23.9 Å². The predicted octanol–water partition coefficient (Wildman–Crippen LogP) is 2.08. The second kappa shape index (κ2) is 22.0. The van der Waals surface area contributed by atoms with E-state index in [1.165, 1.54) is 0 Å². The van der Waals surface area contributed by atoms with Crippen molar-refractivity contribution in [2.45, 2.75) is 27.7 Å². The van der Waals surface area contributed by atoms with Gasteiger partial charge < -0.3 is 28.8 Å². The molecule has 0 fully saturated rings. The van der Waals surface area contributed by atoms with Crippen LogP contribution in [0.2, 0.25) is 0 Å². The number of rotatable bonds is 12. The molecule has 33 heavy (non-hydrogen) atoms. The standard InChI is InChI=1S/C10H14O4.C7H12O3.C6H10O3/c1-7(2)9(11)13-5-6-14-10(12)8(3)4;1-6(2)7(8)10-5-4-9-3;1-5(2)6(8)9-4-3-7/h1,3,5-6H2,2,4H3;1,4-5H2,2-3H3;7H,1,3-4H2,2H3. The average molecular weight is 473 g/mol. The van der Waals surface area contributed by atoms with Crippen LogP contribution in [0.15, 0.2) is 48.6 Å². The van der Waals surface area contributed by atoms with Gasteiger partial charge in [-0.1, -0.05) is 26.3 Å². The summed E-state index contributed by atoms with van der Waals surface area (Å²) < 4.78 is 23.2. The van der Waals surface area contributed by atoms with Crippen LogP contribution in [-0.4, -0.2) is 75.7 Å². The molecule has 0 bridgehead atoms. The Balaban J connectivity index is -0.000000423. The molecule has 0 atom stereocenters. The highest BCUT2D eigenvalue weighted by Gasteiger charge is 2.05. The van der Waals surface area contributed by atoms with Gasteiger partial charge in [-0.25, -0.2) is 19.2 Å². The fraction of sp³-hybridized carbons (Fsp3) is 0.478. The van der Waals surface area contributed by atoms with Gasteiger partial charge in [0, 0.05) is 29.4 Å². The van der Waals surface area contributed by atoms with Crippen molar-refractivity contribution in [3.05, 3.63) is 48.6 Å². The monoisotopic (exact) mass is 472 g/mol. The van der Waals surface area contributed by atoms with Gasteiger partial charge in [-0.15, -0.1) is 0 Å². The first-order valence-electron chi connectivity index (χ1n) is 9.72. The van der Waals surface area contributed by atoms with Crippen LogP contribution >= 0.6 is 0 Å². The quantitative estimate of drug-likeness (QED) is 0.195. The van der Waals surface area contributed by atoms with Crippen molar-refractivity contribution in [2.24, 2.45) is 0 Å². The molecule has 0 rings (SSSR count). The molecular formula is C23H36O10. The lowest BCUT2D eigenvalue weighted by Gasteiger charge is -2.05. The summed E-state index contributed by atoms with van der Waals surface area (Å²) in [6, 6.07) is 0. The van der Waals surface area contributed by atoms with Gasteiger partial charge in [0.15, 0.2) is 0 Å². The number of aliphatic hydroxyl groups is 1. The molecule has 0 aromatic heterocycles. The van der Waals surface area contributed by atoms with E-state index < -0.39 is 17.9 Å². The van der Waals surface area contributed by atoms with E-state index in [0.717, 1.165) is 0 Å². The molecule has 1 N–H and O–H groups in total. The number of ether oxygens (including phenoxy) is 5. The molecule has 10 heteroatoms. The normalized spacial score (nSPS) is 8.91. The van der Waals surface area contributed by atoms with Gasteiger partial charge in [-0.2, -0.15) is 0 Å². The largest absolute Gasteiger partial charge is 0.460 e. The fourth-order valence-corrected chi connectivity index (χ4v) is 1.12. The lowest BCUT2D eigenvalue weighted by molar-refractivity contribution is -0.147. The molecule has 0 unspecified atom stereocenters. The zero-order chi connectivity index (χ0) is 26.4. The molecule has 0 aromatic carbocycles. The highest BCUT2D eigenvalue weighted by molar-refractivity contribution is 5.88. The van der Waals surface area contributed by atoms with Crippen molar-refractivity contribution in [3.63, 3.8) is 0 Å². The van der Waals surface area contributed by atoms with Crippen molar-refractivity contribution < 1.29 is 48.0 Å². The molecule has 0 aliphatic heterocycles. The van der Waals surface area contributed by atoms with Crippen molar-refractivity contribution in [1.82, 2.24) is 0 Å². The van der Waals surface area contributed by atoms with Crippen LogP contribution in [0.5, 0.6) is 0 Å². The van der Waals surface area contributed by atoms with Gasteiger partial charge in [-0.3, -0.25) is 0 Å². The number of carbonyl (C=O) groups is 4. The Morgan fingerprint density at radius 1 is 0.545 bits per heavy atom. The Morgan fingerprint density at radius 2 is 0.788 bits per heavy atom. The third-order valence-corrected chi connectivity index (χ3v) is 2.79. The number of hydrogen-bond donors (Lipinski definition) is 1. The maximum Gasteiger partial charge on any atom is 0.333 e. The molecule has 0 amide bonds. The molecule has 10 nitrogen and oxygen atoms in total. The van der Waals surface area contributed by atoms with E-state index >= 15 is 0 Å². The molecule has 0 saturated heterocycles. The number of esters is 4. The topological polar surface area (TPSA) is 135 Å². The van der Waals surface area contributed by atoms with Crippen molar-refractivity contribution in [1.29, 1.82) is 0 Å². The van der Waals surface area contributed by atoms with E-state index in [9.17, 15) is 19.2 Å². The third-order valence-electron chi connectivity index (χ3n) is 2.79. The number of carbonyl (C=O) groups excluding carboxylic acids is 4. The van der Waals surface area contributed by atoms with Crippen molar-refractivity contribution >= 4 is 23.9 Å².